The van der Waals surface area contributed by atoms with E-state index in [1.54, 1.807) is 6.08 Å². The van der Waals surface area contributed by atoms with Crippen molar-refractivity contribution in [2.45, 2.75) is 20.3 Å². The van der Waals surface area contributed by atoms with E-state index in [4.69, 9.17) is 9.84 Å². The van der Waals surface area contributed by atoms with Gasteiger partial charge in [0.15, 0.2) is 0 Å². The molecule has 0 bridgehead atoms. The number of carboxylic acids is 1. The maximum absolute atomic E-state index is 10.4. The smallest absolute Gasteiger partial charge is 0.328 e. The number of carbonyl (C=O) groups is 1. The van der Waals surface area contributed by atoms with Gasteiger partial charge in [-0.3, -0.25) is 0 Å². The van der Waals surface area contributed by atoms with Gasteiger partial charge in [0, 0.05) is 6.08 Å². The molecule has 3 nitrogen and oxygen atoms in total. The van der Waals surface area contributed by atoms with Gasteiger partial charge in [0.05, 0.1) is 11.1 Å². The molecule has 0 aromatic heterocycles. The quantitative estimate of drug-likeness (QED) is 0.808. The number of hydrogen-bond donors (Lipinski definition) is 1. The van der Waals surface area contributed by atoms with Crippen LogP contribution in [0.1, 0.15) is 25.8 Å². The summed E-state index contributed by atoms with van der Waals surface area (Å²) in [4.78, 5) is 10.4. The molecule has 1 rings (SSSR count). The fourth-order valence-corrected chi connectivity index (χ4v) is 1.82. The highest BCUT2D eigenvalue weighted by Gasteiger charge is 2.02. The Morgan fingerprint density at radius 3 is 2.78 bits per heavy atom. The van der Waals surface area contributed by atoms with Crippen LogP contribution in [0.15, 0.2) is 28.7 Å². The minimum atomic E-state index is -0.955. The molecule has 0 atom stereocenters. The molecule has 0 saturated carbocycles. The van der Waals surface area contributed by atoms with Crippen LogP contribution in [0.5, 0.6) is 5.75 Å². The standard InChI is InChI=1S/C14H17BrO3/c1-10(2)7-8-18-13-5-3-11(9-12(13)15)4-6-14(16)17/h3-6,9-10H,7-8H2,1-2H3,(H,16,17)/b6-4+. The fourth-order valence-electron chi connectivity index (χ4n) is 1.31. The Morgan fingerprint density at radius 2 is 2.22 bits per heavy atom. The van der Waals surface area contributed by atoms with E-state index < -0.39 is 5.97 Å². The van der Waals surface area contributed by atoms with E-state index in [1.165, 1.54) is 0 Å². The van der Waals surface area contributed by atoms with Gasteiger partial charge >= 0.3 is 5.97 Å². The third-order valence-electron chi connectivity index (χ3n) is 2.33. The van der Waals surface area contributed by atoms with Crippen LogP contribution in [0.3, 0.4) is 0 Å². The summed E-state index contributed by atoms with van der Waals surface area (Å²) in [5, 5.41) is 8.54. The summed E-state index contributed by atoms with van der Waals surface area (Å²) in [5.41, 5.74) is 0.820. The van der Waals surface area contributed by atoms with Crippen molar-refractivity contribution in [1.82, 2.24) is 0 Å². The second kappa shape index (κ2) is 7.21. The van der Waals surface area contributed by atoms with Crippen LogP contribution in [0, 0.1) is 5.92 Å². The molecule has 0 radical (unpaired) electrons. The molecule has 0 aliphatic heterocycles. The second-order valence-corrected chi connectivity index (χ2v) is 5.25. The van der Waals surface area contributed by atoms with Gasteiger partial charge in [-0.25, -0.2) is 4.79 Å². The van der Waals surface area contributed by atoms with E-state index in [9.17, 15) is 4.79 Å². The van der Waals surface area contributed by atoms with Gasteiger partial charge in [0.1, 0.15) is 5.75 Å². The van der Waals surface area contributed by atoms with Gasteiger partial charge in [-0.15, -0.1) is 0 Å². The molecule has 0 aliphatic carbocycles. The molecule has 0 fully saturated rings. The van der Waals surface area contributed by atoms with Crippen LogP contribution >= 0.6 is 15.9 Å². The van der Waals surface area contributed by atoms with Crippen molar-refractivity contribution >= 4 is 28.0 Å². The van der Waals surface area contributed by atoms with Crippen molar-refractivity contribution in [3.8, 4) is 5.75 Å². The molecule has 98 valence electrons. The average molecular weight is 313 g/mol. The van der Waals surface area contributed by atoms with E-state index in [2.05, 4.69) is 29.8 Å². The number of aliphatic carboxylic acids is 1. The third kappa shape index (κ3) is 5.36. The topological polar surface area (TPSA) is 46.5 Å². The molecular weight excluding hydrogens is 296 g/mol. The van der Waals surface area contributed by atoms with E-state index >= 15 is 0 Å². The SMILES string of the molecule is CC(C)CCOc1ccc(/C=C/C(=O)O)cc1Br. The summed E-state index contributed by atoms with van der Waals surface area (Å²) in [7, 11) is 0. The number of benzene rings is 1. The molecule has 1 N–H and O–H groups in total. The van der Waals surface area contributed by atoms with Crippen LogP contribution in [-0.2, 0) is 4.79 Å². The third-order valence-corrected chi connectivity index (χ3v) is 2.95. The molecule has 0 saturated heterocycles. The number of carboxylic acid groups (broad SMARTS) is 1. The highest BCUT2D eigenvalue weighted by atomic mass is 79.9. The lowest BCUT2D eigenvalue weighted by atomic mass is 10.1. The minimum absolute atomic E-state index is 0.613. The van der Waals surface area contributed by atoms with Crippen molar-refractivity contribution in [3.05, 3.63) is 34.3 Å². The van der Waals surface area contributed by atoms with Gasteiger partial charge in [-0.2, -0.15) is 0 Å². The van der Waals surface area contributed by atoms with E-state index in [-0.39, 0.29) is 0 Å². The zero-order valence-electron chi connectivity index (χ0n) is 10.5. The zero-order valence-corrected chi connectivity index (χ0v) is 12.1. The Morgan fingerprint density at radius 1 is 1.50 bits per heavy atom. The maximum atomic E-state index is 10.4. The van der Waals surface area contributed by atoms with Crippen molar-refractivity contribution in [1.29, 1.82) is 0 Å². The number of ether oxygens (including phenoxy) is 1. The summed E-state index contributed by atoms with van der Waals surface area (Å²) >= 11 is 3.42. The van der Waals surface area contributed by atoms with Crippen molar-refractivity contribution in [3.63, 3.8) is 0 Å². The van der Waals surface area contributed by atoms with Crippen molar-refractivity contribution < 1.29 is 14.6 Å². The first-order valence-corrected chi connectivity index (χ1v) is 6.61. The van der Waals surface area contributed by atoms with E-state index in [0.717, 1.165) is 28.3 Å². The largest absolute Gasteiger partial charge is 0.492 e. The molecule has 0 unspecified atom stereocenters. The summed E-state index contributed by atoms with van der Waals surface area (Å²) in [6.45, 7) is 4.98. The monoisotopic (exact) mass is 312 g/mol. The summed E-state index contributed by atoms with van der Waals surface area (Å²) in [5.74, 6) is 0.438. The number of halogens is 1. The predicted octanol–water partition coefficient (Wildman–Crippen LogP) is 3.97. The molecular formula is C14H17BrO3. The first kappa shape index (κ1) is 14.8. The molecule has 0 amide bonds. The number of rotatable bonds is 6. The fraction of sp³-hybridized carbons (Fsp3) is 0.357. The molecule has 1 aromatic carbocycles. The molecule has 1 aromatic rings. The number of hydrogen-bond acceptors (Lipinski definition) is 2. The van der Waals surface area contributed by atoms with Crippen LogP contribution in [0.4, 0.5) is 0 Å². The molecule has 0 spiro atoms. The Hall–Kier alpha value is -1.29. The summed E-state index contributed by atoms with van der Waals surface area (Å²) in [6, 6.07) is 5.50. The Bertz CT molecular complexity index is 439. The molecule has 4 heteroatoms. The van der Waals surface area contributed by atoms with Gasteiger partial charge in [-0.05, 0) is 52.0 Å². The Labute approximate surface area is 116 Å². The normalized spacial score (nSPS) is 11.1. The summed E-state index contributed by atoms with van der Waals surface area (Å²) < 4.78 is 6.47. The van der Waals surface area contributed by atoms with Gasteiger partial charge in [-0.1, -0.05) is 19.9 Å². The first-order chi connectivity index (χ1) is 8.49. The van der Waals surface area contributed by atoms with Crippen LogP contribution in [0.2, 0.25) is 0 Å². The van der Waals surface area contributed by atoms with Gasteiger partial charge in [0.25, 0.3) is 0 Å². The minimum Gasteiger partial charge on any atom is -0.492 e. The molecule has 0 heterocycles. The predicted molar refractivity (Wildman–Crippen MR) is 75.8 cm³/mol. The maximum Gasteiger partial charge on any atom is 0.328 e. The highest BCUT2D eigenvalue weighted by Crippen LogP contribution is 2.26. The highest BCUT2D eigenvalue weighted by molar-refractivity contribution is 9.10. The van der Waals surface area contributed by atoms with Crippen molar-refractivity contribution in [2.24, 2.45) is 5.92 Å². The Kier molecular flexibility index (Phi) is 5.92. The first-order valence-electron chi connectivity index (χ1n) is 5.82. The lowest BCUT2D eigenvalue weighted by molar-refractivity contribution is -0.131. The van der Waals surface area contributed by atoms with E-state index in [0.29, 0.717) is 12.5 Å². The average Bonchev–Trinajstić information content (AvgIpc) is 2.28. The van der Waals surface area contributed by atoms with Crippen LogP contribution in [-0.4, -0.2) is 17.7 Å². The van der Waals surface area contributed by atoms with E-state index in [1.807, 2.05) is 18.2 Å². The molecule has 0 aliphatic rings. The molecule has 18 heavy (non-hydrogen) atoms. The lowest BCUT2D eigenvalue weighted by Crippen LogP contribution is -2.01. The van der Waals surface area contributed by atoms with Gasteiger partial charge < -0.3 is 9.84 Å². The van der Waals surface area contributed by atoms with Crippen LogP contribution < -0.4 is 4.74 Å². The lowest BCUT2D eigenvalue weighted by Gasteiger charge is -2.10. The van der Waals surface area contributed by atoms with Gasteiger partial charge in [0.2, 0.25) is 0 Å². The second-order valence-electron chi connectivity index (χ2n) is 4.39. The van der Waals surface area contributed by atoms with Crippen LogP contribution in [0.25, 0.3) is 6.08 Å². The Balaban J connectivity index is 2.65. The van der Waals surface area contributed by atoms with Crippen molar-refractivity contribution in [2.75, 3.05) is 6.61 Å². The zero-order chi connectivity index (χ0) is 13.5. The summed E-state index contributed by atoms with van der Waals surface area (Å²) in [6.07, 6.45) is 3.67.